The molecule has 0 aliphatic carbocycles. The van der Waals surface area contributed by atoms with Gasteiger partial charge in [0.2, 0.25) is 0 Å². The molecule has 2 rings (SSSR count). The molecule has 0 aromatic heterocycles. The molecular weight excluding hydrogens is 300 g/mol. The van der Waals surface area contributed by atoms with E-state index in [0.29, 0.717) is 5.69 Å². The van der Waals surface area contributed by atoms with Crippen molar-refractivity contribution in [2.45, 2.75) is 6.92 Å². The lowest BCUT2D eigenvalue weighted by Crippen LogP contribution is -2.54. The van der Waals surface area contributed by atoms with Gasteiger partial charge in [-0.1, -0.05) is 15.9 Å². The summed E-state index contributed by atoms with van der Waals surface area (Å²) >= 11 is 3.36. The highest BCUT2D eigenvalue weighted by Gasteiger charge is 2.35. The van der Waals surface area contributed by atoms with Gasteiger partial charge in [-0.05, 0) is 30.7 Å². The number of halogens is 1. The van der Waals surface area contributed by atoms with Crippen LogP contribution in [0.1, 0.15) is 5.56 Å². The number of carbonyl (C=O) groups is 2. The second-order valence-electron chi connectivity index (χ2n) is 4.39. The second kappa shape index (κ2) is 4.97. The van der Waals surface area contributed by atoms with E-state index in [-0.39, 0.29) is 19.1 Å². The average molecular weight is 313 g/mol. The Bertz CT molecular complexity index is 478. The van der Waals surface area contributed by atoms with Gasteiger partial charge in [-0.15, -0.1) is 0 Å². The highest BCUT2D eigenvalue weighted by atomic mass is 79.9. The number of anilines is 1. The fourth-order valence-electron chi connectivity index (χ4n) is 1.81. The molecule has 0 spiro atoms. The molecule has 0 radical (unpaired) electrons. The van der Waals surface area contributed by atoms with Gasteiger partial charge in [-0.3, -0.25) is 4.79 Å². The minimum Gasteiger partial charge on any atom is -0.481 e. The van der Waals surface area contributed by atoms with E-state index in [1.807, 2.05) is 19.1 Å². The number of likely N-dealkylation sites (tertiary alicyclic amines) is 1. The van der Waals surface area contributed by atoms with Crippen molar-refractivity contribution in [2.24, 2.45) is 5.92 Å². The number of carboxylic acids is 1. The Morgan fingerprint density at radius 2 is 2.06 bits per heavy atom. The Labute approximate surface area is 113 Å². The average Bonchev–Trinajstić information content (AvgIpc) is 2.11. The van der Waals surface area contributed by atoms with Crippen LogP contribution in [0, 0.1) is 12.8 Å². The number of rotatable bonds is 2. The number of benzene rings is 1. The van der Waals surface area contributed by atoms with E-state index in [0.717, 1.165) is 10.0 Å². The molecule has 6 heteroatoms. The molecule has 96 valence electrons. The van der Waals surface area contributed by atoms with Crippen molar-refractivity contribution in [1.29, 1.82) is 0 Å². The van der Waals surface area contributed by atoms with Crippen molar-refractivity contribution in [2.75, 3.05) is 18.4 Å². The summed E-state index contributed by atoms with van der Waals surface area (Å²) in [6, 6.07) is 5.35. The van der Waals surface area contributed by atoms with Gasteiger partial charge in [-0.2, -0.15) is 0 Å². The fraction of sp³-hybridized carbons (Fsp3) is 0.333. The monoisotopic (exact) mass is 312 g/mol. The van der Waals surface area contributed by atoms with E-state index in [4.69, 9.17) is 5.11 Å². The topological polar surface area (TPSA) is 69.6 Å². The zero-order valence-corrected chi connectivity index (χ0v) is 11.4. The van der Waals surface area contributed by atoms with Gasteiger partial charge in [0.1, 0.15) is 0 Å². The predicted octanol–water partition coefficient (Wildman–Crippen LogP) is 2.31. The number of hydrogen-bond donors (Lipinski definition) is 2. The normalized spacial score (nSPS) is 15.1. The van der Waals surface area contributed by atoms with E-state index in [9.17, 15) is 9.59 Å². The molecule has 18 heavy (non-hydrogen) atoms. The van der Waals surface area contributed by atoms with Crippen LogP contribution in [0.5, 0.6) is 0 Å². The maximum atomic E-state index is 11.8. The fourth-order valence-corrected chi connectivity index (χ4v) is 2.42. The van der Waals surface area contributed by atoms with Gasteiger partial charge in [0.05, 0.1) is 5.92 Å². The van der Waals surface area contributed by atoms with Crippen LogP contribution >= 0.6 is 15.9 Å². The number of aliphatic carboxylic acids is 1. The summed E-state index contributed by atoms with van der Waals surface area (Å²) in [5, 5.41) is 11.5. The third-order valence-electron chi connectivity index (χ3n) is 2.81. The molecule has 1 aromatic carbocycles. The number of aryl methyl sites for hydroxylation is 1. The lowest BCUT2D eigenvalue weighted by atomic mass is 10.0. The summed E-state index contributed by atoms with van der Waals surface area (Å²) < 4.78 is 0.893. The van der Waals surface area contributed by atoms with Gasteiger partial charge in [-0.25, -0.2) is 4.79 Å². The number of hydrogen-bond acceptors (Lipinski definition) is 2. The standard InChI is InChI=1S/C12H13BrN2O3/c1-7-2-9(13)4-10(3-7)14-12(18)15-5-8(6-15)11(16)17/h2-4,8H,5-6H2,1H3,(H,14,18)(H,16,17). The van der Waals surface area contributed by atoms with E-state index in [1.54, 1.807) is 6.07 Å². The van der Waals surface area contributed by atoms with Gasteiger partial charge < -0.3 is 15.3 Å². The maximum absolute atomic E-state index is 11.8. The smallest absolute Gasteiger partial charge is 0.321 e. The molecule has 0 unspecified atom stereocenters. The van der Waals surface area contributed by atoms with E-state index in [2.05, 4.69) is 21.2 Å². The third-order valence-corrected chi connectivity index (χ3v) is 3.27. The molecule has 1 aliphatic heterocycles. The van der Waals surface area contributed by atoms with Crippen molar-refractivity contribution in [3.63, 3.8) is 0 Å². The zero-order valence-electron chi connectivity index (χ0n) is 9.81. The number of urea groups is 1. The predicted molar refractivity (Wildman–Crippen MR) is 70.6 cm³/mol. The lowest BCUT2D eigenvalue weighted by Gasteiger charge is -2.36. The Kier molecular flexibility index (Phi) is 3.56. The number of nitrogens with one attached hydrogen (secondary N) is 1. The Balaban J connectivity index is 1.94. The van der Waals surface area contributed by atoms with Crippen LogP contribution in [0.4, 0.5) is 10.5 Å². The molecule has 1 fully saturated rings. The Morgan fingerprint density at radius 1 is 1.39 bits per heavy atom. The van der Waals surface area contributed by atoms with Crippen LogP contribution in [-0.4, -0.2) is 35.1 Å². The molecule has 1 aliphatic rings. The quantitative estimate of drug-likeness (QED) is 0.880. The summed E-state index contributed by atoms with van der Waals surface area (Å²) in [5.41, 5.74) is 1.73. The van der Waals surface area contributed by atoms with Crippen LogP contribution in [0.25, 0.3) is 0 Å². The summed E-state index contributed by atoms with van der Waals surface area (Å²) in [6.07, 6.45) is 0. The number of amides is 2. The van der Waals surface area contributed by atoms with Crippen LogP contribution in [0.15, 0.2) is 22.7 Å². The van der Waals surface area contributed by atoms with E-state index >= 15 is 0 Å². The van der Waals surface area contributed by atoms with Crippen molar-refractivity contribution < 1.29 is 14.7 Å². The minimum atomic E-state index is -0.850. The molecular formula is C12H13BrN2O3. The highest BCUT2D eigenvalue weighted by Crippen LogP contribution is 2.21. The SMILES string of the molecule is Cc1cc(Br)cc(NC(=O)N2CC(C(=O)O)C2)c1. The molecule has 0 atom stereocenters. The molecule has 1 aromatic rings. The van der Waals surface area contributed by atoms with Crippen molar-refractivity contribution in [3.05, 3.63) is 28.2 Å². The van der Waals surface area contributed by atoms with E-state index in [1.165, 1.54) is 4.90 Å². The first-order valence-electron chi connectivity index (χ1n) is 5.51. The summed E-state index contributed by atoms with van der Waals surface area (Å²) in [7, 11) is 0. The first kappa shape index (κ1) is 12.9. The highest BCUT2D eigenvalue weighted by molar-refractivity contribution is 9.10. The summed E-state index contributed by atoms with van der Waals surface area (Å²) in [5.74, 6) is -1.28. The van der Waals surface area contributed by atoms with Crippen molar-refractivity contribution in [1.82, 2.24) is 4.90 Å². The Morgan fingerprint density at radius 3 is 2.61 bits per heavy atom. The lowest BCUT2D eigenvalue weighted by molar-refractivity contribution is -0.145. The summed E-state index contributed by atoms with van der Waals surface area (Å²) in [4.78, 5) is 23.9. The van der Waals surface area contributed by atoms with Gasteiger partial charge in [0.15, 0.2) is 0 Å². The number of carbonyl (C=O) groups excluding carboxylic acids is 1. The van der Waals surface area contributed by atoms with Crippen molar-refractivity contribution >= 4 is 33.6 Å². The van der Waals surface area contributed by atoms with Gasteiger partial charge in [0.25, 0.3) is 0 Å². The van der Waals surface area contributed by atoms with E-state index < -0.39 is 11.9 Å². The largest absolute Gasteiger partial charge is 0.481 e. The van der Waals surface area contributed by atoms with Crippen LogP contribution < -0.4 is 5.32 Å². The summed E-state index contributed by atoms with van der Waals surface area (Å²) in [6.45, 7) is 2.48. The van der Waals surface area contributed by atoms with Crippen LogP contribution in [0.2, 0.25) is 0 Å². The van der Waals surface area contributed by atoms with Crippen LogP contribution in [0.3, 0.4) is 0 Å². The number of nitrogens with zero attached hydrogens (tertiary/aromatic N) is 1. The maximum Gasteiger partial charge on any atom is 0.321 e. The first-order chi connectivity index (χ1) is 8.45. The first-order valence-corrected chi connectivity index (χ1v) is 6.31. The zero-order chi connectivity index (χ0) is 13.3. The molecule has 1 heterocycles. The molecule has 2 amide bonds. The van der Waals surface area contributed by atoms with Crippen molar-refractivity contribution in [3.8, 4) is 0 Å². The van der Waals surface area contributed by atoms with Crippen LogP contribution in [-0.2, 0) is 4.79 Å². The number of carboxylic acid groups (broad SMARTS) is 1. The molecule has 1 saturated heterocycles. The second-order valence-corrected chi connectivity index (χ2v) is 5.30. The molecule has 5 nitrogen and oxygen atoms in total. The van der Waals surface area contributed by atoms with Gasteiger partial charge in [0, 0.05) is 23.2 Å². The minimum absolute atomic E-state index is 0.259. The molecule has 2 N–H and O–H groups in total. The Hall–Kier alpha value is -1.56. The van der Waals surface area contributed by atoms with Gasteiger partial charge >= 0.3 is 12.0 Å². The third kappa shape index (κ3) is 2.81. The molecule has 0 saturated carbocycles. The molecule has 0 bridgehead atoms.